The molecule has 0 saturated carbocycles. The molecule has 1 aliphatic rings. The van der Waals surface area contributed by atoms with E-state index in [0.29, 0.717) is 29.2 Å². The summed E-state index contributed by atoms with van der Waals surface area (Å²) >= 11 is 0. The van der Waals surface area contributed by atoms with Gasteiger partial charge in [0.2, 0.25) is 11.5 Å². The van der Waals surface area contributed by atoms with E-state index in [-0.39, 0.29) is 18.7 Å². The Labute approximate surface area is 176 Å². The van der Waals surface area contributed by atoms with Crippen molar-refractivity contribution in [2.24, 2.45) is 5.16 Å². The predicted octanol–water partition coefficient (Wildman–Crippen LogP) is -0.337. The van der Waals surface area contributed by atoms with E-state index in [1.54, 1.807) is 21.8 Å². The fraction of sp³-hybridized carbons (Fsp3) is 0.389. The number of rotatable bonds is 7. The van der Waals surface area contributed by atoms with Crippen LogP contribution >= 0.6 is 0 Å². The smallest absolute Gasteiger partial charge is 0.267 e. The van der Waals surface area contributed by atoms with Crippen LogP contribution in [0, 0.1) is 0 Å². The zero-order chi connectivity index (χ0) is 22.0. The minimum Gasteiger partial charge on any atom is -0.378 e. The topological polar surface area (TPSA) is 153 Å². The van der Waals surface area contributed by atoms with Gasteiger partial charge in [0.1, 0.15) is 12.7 Å². The highest BCUT2D eigenvalue weighted by molar-refractivity contribution is 6.13. The van der Waals surface area contributed by atoms with Gasteiger partial charge in [-0.2, -0.15) is 5.10 Å². The molecule has 13 nitrogen and oxygen atoms in total. The van der Waals surface area contributed by atoms with Crippen LogP contribution < -0.4 is 16.1 Å². The number of aryl methyl sites for hydroxylation is 1. The van der Waals surface area contributed by atoms with Crippen LogP contribution in [0.2, 0.25) is 0 Å². The van der Waals surface area contributed by atoms with Gasteiger partial charge in [-0.1, -0.05) is 5.16 Å². The molecule has 0 aliphatic carbocycles. The molecule has 1 aliphatic heterocycles. The molecule has 1 atom stereocenters. The summed E-state index contributed by atoms with van der Waals surface area (Å²) in [6.07, 6.45) is 6.28. The van der Waals surface area contributed by atoms with E-state index in [4.69, 9.17) is 4.84 Å². The van der Waals surface area contributed by atoms with Crippen LogP contribution in [-0.2, 0) is 21.0 Å². The largest absolute Gasteiger partial charge is 0.378 e. The van der Waals surface area contributed by atoms with E-state index >= 15 is 0 Å². The van der Waals surface area contributed by atoms with E-state index in [1.807, 2.05) is 6.92 Å². The lowest BCUT2D eigenvalue weighted by atomic mass is 9.89. The highest BCUT2D eigenvalue weighted by atomic mass is 16.7. The maximum Gasteiger partial charge on any atom is 0.267 e. The highest BCUT2D eigenvalue weighted by Crippen LogP contribution is 2.35. The van der Waals surface area contributed by atoms with E-state index in [9.17, 15) is 9.59 Å². The van der Waals surface area contributed by atoms with Gasteiger partial charge >= 0.3 is 0 Å². The van der Waals surface area contributed by atoms with Gasteiger partial charge in [0, 0.05) is 38.8 Å². The zero-order valence-electron chi connectivity index (χ0n) is 17.3. The van der Waals surface area contributed by atoms with E-state index < -0.39 is 11.5 Å². The number of carbonyl (C=O) groups excluding carboxylic acids is 2. The fourth-order valence-corrected chi connectivity index (χ4v) is 3.48. The molecular formula is C18H22N10O3. The van der Waals surface area contributed by atoms with Crippen molar-refractivity contribution in [3.63, 3.8) is 0 Å². The molecule has 0 bridgehead atoms. The van der Waals surface area contributed by atoms with Gasteiger partial charge < -0.3 is 15.5 Å². The Morgan fingerprint density at radius 1 is 1.19 bits per heavy atom. The van der Waals surface area contributed by atoms with Crippen molar-refractivity contribution in [2.45, 2.75) is 31.9 Å². The molecule has 0 fully saturated rings. The number of oxime groups is 1. The van der Waals surface area contributed by atoms with Crippen LogP contribution in [0.15, 0.2) is 30.2 Å². The van der Waals surface area contributed by atoms with Crippen molar-refractivity contribution < 1.29 is 14.4 Å². The Kier molecular flexibility index (Phi) is 5.23. The Morgan fingerprint density at radius 2 is 1.97 bits per heavy atom. The monoisotopic (exact) mass is 426 g/mol. The van der Waals surface area contributed by atoms with Crippen LogP contribution in [0.4, 0.5) is 5.69 Å². The number of likely N-dealkylation sites (N-methyl/N-ethyl adjacent to an activating group) is 1. The number of pyridine rings is 1. The maximum atomic E-state index is 12.6. The van der Waals surface area contributed by atoms with Crippen LogP contribution in [0.5, 0.6) is 0 Å². The molecule has 13 heteroatoms. The van der Waals surface area contributed by atoms with Crippen LogP contribution in [0.1, 0.15) is 25.3 Å². The summed E-state index contributed by atoms with van der Waals surface area (Å²) in [6, 6.07) is 0. The van der Waals surface area contributed by atoms with Gasteiger partial charge in [-0.15, -0.1) is 10.2 Å². The number of aromatic nitrogens is 6. The SMILES string of the molecule is CCn1ncc2c(Nn3cnnc3)c(C3=NOC(CC(=O)NC)(C(=O)NC)C3)cnc21. The molecule has 31 heavy (non-hydrogen) atoms. The number of anilines is 1. The van der Waals surface area contributed by atoms with Crippen LogP contribution in [0.3, 0.4) is 0 Å². The van der Waals surface area contributed by atoms with Crippen molar-refractivity contribution >= 4 is 34.2 Å². The second-order valence-electron chi connectivity index (χ2n) is 6.95. The molecule has 3 N–H and O–H groups in total. The average Bonchev–Trinajstić information content (AvgIpc) is 3.53. The van der Waals surface area contributed by atoms with E-state index in [0.717, 1.165) is 5.39 Å². The fourth-order valence-electron chi connectivity index (χ4n) is 3.48. The molecule has 0 aromatic carbocycles. The van der Waals surface area contributed by atoms with E-state index in [2.05, 4.69) is 41.5 Å². The number of fused-ring (bicyclic) bond motifs is 1. The molecule has 4 rings (SSSR count). The standard InChI is InChI=1S/C18H22N10O3/c1-4-28-16-12(8-24-28)15(25-27-9-22-23-10-27)11(7-21-16)13-5-18(31-26-13,17(30)20-3)6-14(29)19-2/h7-10H,4-6H2,1-3H3,(H,19,29)(H,20,30)(H,21,25). The Bertz CT molecular complexity index is 1150. The van der Waals surface area contributed by atoms with E-state index in [1.165, 1.54) is 26.7 Å². The normalized spacial score (nSPS) is 17.8. The molecule has 0 radical (unpaired) electrons. The van der Waals surface area contributed by atoms with Crippen LogP contribution in [-0.4, -0.2) is 66.9 Å². The number of hydrogen-bond acceptors (Lipinski definition) is 9. The molecule has 3 aromatic heterocycles. The van der Waals surface area contributed by atoms with Gasteiger partial charge in [-0.05, 0) is 6.92 Å². The lowest BCUT2D eigenvalue weighted by molar-refractivity contribution is -0.149. The highest BCUT2D eigenvalue weighted by Gasteiger charge is 2.48. The number of amides is 2. The third-order valence-corrected chi connectivity index (χ3v) is 5.09. The summed E-state index contributed by atoms with van der Waals surface area (Å²) in [5.41, 5.74) is 4.19. The predicted molar refractivity (Wildman–Crippen MR) is 110 cm³/mol. The second-order valence-corrected chi connectivity index (χ2v) is 6.95. The van der Waals surface area contributed by atoms with Gasteiger partial charge in [-0.3, -0.25) is 15.0 Å². The zero-order valence-corrected chi connectivity index (χ0v) is 17.3. The second kappa shape index (κ2) is 8.01. The van der Waals surface area contributed by atoms with Crippen molar-refractivity contribution in [1.82, 2.24) is 40.3 Å². The first-order valence-electron chi connectivity index (χ1n) is 9.65. The molecule has 2 amide bonds. The van der Waals surface area contributed by atoms with Gasteiger partial charge in [0.25, 0.3) is 5.91 Å². The minimum absolute atomic E-state index is 0.0893. The Balaban J connectivity index is 1.77. The molecular weight excluding hydrogens is 404 g/mol. The quantitative estimate of drug-likeness (QED) is 0.464. The first kappa shape index (κ1) is 20.3. The molecule has 0 spiro atoms. The number of nitrogens with one attached hydrogen (secondary N) is 3. The number of carbonyl (C=O) groups is 2. The first-order valence-corrected chi connectivity index (χ1v) is 9.65. The summed E-state index contributed by atoms with van der Waals surface area (Å²) < 4.78 is 3.35. The summed E-state index contributed by atoms with van der Waals surface area (Å²) in [5, 5.41) is 22.0. The minimum atomic E-state index is -1.44. The maximum absolute atomic E-state index is 12.6. The van der Waals surface area contributed by atoms with Gasteiger partial charge in [0.15, 0.2) is 5.65 Å². The Morgan fingerprint density at radius 3 is 2.65 bits per heavy atom. The lowest BCUT2D eigenvalue weighted by Gasteiger charge is -2.23. The summed E-state index contributed by atoms with van der Waals surface area (Å²) in [5.74, 6) is -0.767. The third kappa shape index (κ3) is 3.53. The molecule has 0 saturated heterocycles. The third-order valence-electron chi connectivity index (χ3n) is 5.09. The molecule has 1 unspecified atom stereocenters. The first-order chi connectivity index (χ1) is 15.0. The van der Waals surface area contributed by atoms with Gasteiger partial charge in [-0.25, -0.2) is 14.3 Å². The van der Waals surface area contributed by atoms with Crippen molar-refractivity contribution in [3.8, 4) is 0 Å². The Hall–Kier alpha value is -4.03. The number of nitrogens with zero attached hydrogens (tertiary/aromatic N) is 7. The van der Waals surface area contributed by atoms with Gasteiger partial charge in [0.05, 0.1) is 29.4 Å². The van der Waals surface area contributed by atoms with Crippen molar-refractivity contribution in [2.75, 3.05) is 19.5 Å². The van der Waals surface area contributed by atoms with Crippen molar-refractivity contribution in [3.05, 3.63) is 30.6 Å². The molecule has 162 valence electrons. The van der Waals surface area contributed by atoms with Crippen molar-refractivity contribution in [1.29, 1.82) is 0 Å². The summed E-state index contributed by atoms with van der Waals surface area (Å²) in [7, 11) is 2.99. The van der Waals surface area contributed by atoms with Crippen LogP contribution in [0.25, 0.3) is 11.0 Å². The summed E-state index contributed by atoms with van der Waals surface area (Å²) in [6.45, 7) is 2.62. The average molecular weight is 426 g/mol. The molecule has 4 heterocycles. The lowest BCUT2D eigenvalue weighted by Crippen LogP contribution is -2.48. The number of hydrogen-bond donors (Lipinski definition) is 3. The molecule has 3 aromatic rings. The summed E-state index contributed by atoms with van der Waals surface area (Å²) in [4.78, 5) is 34.8.